The van der Waals surface area contributed by atoms with Gasteiger partial charge in [0, 0.05) is 0 Å². The predicted molar refractivity (Wildman–Crippen MR) is 68.6 cm³/mol. The van der Waals surface area contributed by atoms with E-state index in [1.807, 2.05) is 36.4 Å². The molecule has 0 N–H and O–H groups in total. The first-order valence-corrected chi connectivity index (χ1v) is 6.00. The zero-order valence-corrected chi connectivity index (χ0v) is 9.71. The van der Waals surface area contributed by atoms with Crippen molar-refractivity contribution in [3.05, 3.63) is 60.4 Å². The van der Waals surface area contributed by atoms with E-state index in [1.54, 1.807) is 0 Å². The van der Waals surface area contributed by atoms with Crippen LogP contribution < -0.4 is 4.74 Å². The van der Waals surface area contributed by atoms with Crippen LogP contribution in [0.4, 0.5) is 0 Å². The number of imidazole rings is 1. The Morgan fingerprint density at radius 2 is 2.00 bits per heavy atom. The molecule has 18 heavy (non-hydrogen) atoms. The fourth-order valence-corrected chi connectivity index (χ4v) is 2.51. The second-order valence-corrected chi connectivity index (χ2v) is 4.44. The SMILES string of the molecule is [c]1nc2cccc3c2n1C(c1ccccc1)CO3. The summed E-state index contributed by atoms with van der Waals surface area (Å²) >= 11 is 0. The lowest BCUT2D eigenvalue weighted by Gasteiger charge is -2.25. The van der Waals surface area contributed by atoms with Crippen LogP contribution in [-0.4, -0.2) is 16.2 Å². The molecular weight excluding hydrogens is 224 g/mol. The Labute approximate surface area is 105 Å². The summed E-state index contributed by atoms with van der Waals surface area (Å²) in [6.45, 7) is 0.628. The number of rotatable bonds is 1. The molecule has 1 unspecified atom stereocenters. The van der Waals surface area contributed by atoms with Crippen molar-refractivity contribution in [2.75, 3.05) is 6.61 Å². The van der Waals surface area contributed by atoms with Gasteiger partial charge >= 0.3 is 0 Å². The molecule has 3 nitrogen and oxygen atoms in total. The van der Waals surface area contributed by atoms with Gasteiger partial charge in [0.25, 0.3) is 0 Å². The van der Waals surface area contributed by atoms with Crippen molar-refractivity contribution in [3.63, 3.8) is 0 Å². The first kappa shape index (κ1) is 9.71. The molecule has 1 aliphatic heterocycles. The lowest BCUT2D eigenvalue weighted by Crippen LogP contribution is -2.22. The predicted octanol–water partition coefficient (Wildman–Crippen LogP) is 2.82. The van der Waals surface area contributed by atoms with Gasteiger partial charge in [-0.25, -0.2) is 4.98 Å². The molecule has 0 saturated heterocycles. The number of ether oxygens (including phenoxy) is 1. The fraction of sp³-hybridized carbons (Fsp3) is 0.133. The number of nitrogens with zero attached hydrogens (tertiary/aromatic N) is 2. The first-order chi connectivity index (χ1) is 8.93. The fourth-order valence-electron chi connectivity index (χ4n) is 2.51. The van der Waals surface area contributed by atoms with E-state index in [1.165, 1.54) is 5.56 Å². The third-order valence-corrected chi connectivity index (χ3v) is 3.39. The van der Waals surface area contributed by atoms with Gasteiger partial charge in [0.1, 0.15) is 17.9 Å². The minimum absolute atomic E-state index is 0.158. The molecular formula is C15H11N2O. The Morgan fingerprint density at radius 1 is 1.11 bits per heavy atom. The van der Waals surface area contributed by atoms with Gasteiger partial charge in [-0.3, -0.25) is 0 Å². The average Bonchev–Trinajstić information content (AvgIpc) is 2.87. The number of hydrogen-bond acceptors (Lipinski definition) is 2. The van der Waals surface area contributed by atoms with Crippen LogP contribution in [0.25, 0.3) is 11.0 Å². The molecule has 1 aromatic heterocycles. The summed E-state index contributed by atoms with van der Waals surface area (Å²) < 4.78 is 7.93. The van der Waals surface area contributed by atoms with E-state index in [-0.39, 0.29) is 6.04 Å². The highest BCUT2D eigenvalue weighted by atomic mass is 16.5. The second-order valence-electron chi connectivity index (χ2n) is 4.44. The second kappa shape index (κ2) is 3.60. The van der Waals surface area contributed by atoms with Crippen molar-refractivity contribution < 1.29 is 4.74 Å². The van der Waals surface area contributed by atoms with E-state index in [0.717, 1.165) is 16.8 Å². The molecule has 0 bridgehead atoms. The molecule has 1 atom stereocenters. The summed E-state index contributed by atoms with van der Waals surface area (Å²) in [5.41, 5.74) is 3.20. The van der Waals surface area contributed by atoms with Crippen LogP contribution in [0.1, 0.15) is 11.6 Å². The first-order valence-electron chi connectivity index (χ1n) is 6.00. The quantitative estimate of drug-likeness (QED) is 0.648. The van der Waals surface area contributed by atoms with Crippen molar-refractivity contribution in [2.45, 2.75) is 6.04 Å². The number of para-hydroxylation sites is 1. The maximum atomic E-state index is 5.84. The molecule has 1 radical (unpaired) electrons. The van der Waals surface area contributed by atoms with Gasteiger partial charge in [-0.2, -0.15) is 0 Å². The number of benzene rings is 2. The van der Waals surface area contributed by atoms with Gasteiger partial charge in [-0.1, -0.05) is 36.4 Å². The van der Waals surface area contributed by atoms with E-state index in [9.17, 15) is 0 Å². The molecule has 0 amide bonds. The molecule has 1 aliphatic rings. The highest BCUT2D eigenvalue weighted by Gasteiger charge is 2.24. The topological polar surface area (TPSA) is 27.1 Å². The zero-order valence-electron chi connectivity index (χ0n) is 9.71. The Kier molecular flexibility index (Phi) is 1.94. The third-order valence-electron chi connectivity index (χ3n) is 3.39. The lowest BCUT2D eigenvalue weighted by atomic mass is 10.1. The standard InChI is InChI=1S/C15H11N2O/c1-2-5-11(6-3-1)13-9-18-14-8-4-7-12-15(14)17(13)10-16-12/h1-8,13H,9H2. The van der Waals surface area contributed by atoms with Crippen LogP contribution >= 0.6 is 0 Å². The highest BCUT2D eigenvalue weighted by molar-refractivity contribution is 5.82. The smallest absolute Gasteiger partial charge is 0.178 e. The summed E-state index contributed by atoms with van der Waals surface area (Å²) in [5, 5.41) is 0. The Hall–Kier alpha value is -2.29. The van der Waals surface area contributed by atoms with Gasteiger partial charge in [-0.15, -0.1) is 0 Å². The van der Waals surface area contributed by atoms with Crippen LogP contribution in [-0.2, 0) is 0 Å². The highest BCUT2D eigenvalue weighted by Crippen LogP contribution is 2.34. The van der Waals surface area contributed by atoms with Crippen molar-refractivity contribution in [1.82, 2.24) is 9.55 Å². The number of hydrogen-bond donors (Lipinski definition) is 0. The lowest BCUT2D eigenvalue weighted by molar-refractivity contribution is 0.258. The largest absolute Gasteiger partial charge is 0.489 e. The summed E-state index contributed by atoms with van der Waals surface area (Å²) in [7, 11) is 0. The molecule has 0 aliphatic carbocycles. The van der Waals surface area contributed by atoms with Crippen LogP contribution in [0.2, 0.25) is 0 Å². The normalized spacial score (nSPS) is 17.7. The zero-order chi connectivity index (χ0) is 11.9. The van der Waals surface area contributed by atoms with Crippen molar-refractivity contribution in [3.8, 4) is 5.75 Å². The molecule has 3 aromatic rings. The molecule has 2 aromatic carbocycles. The van der Waals surface area contributed by atoms with E-state index in [0.29, 0.717) is 6.61 Å². The Balaban J connectivity index is 1.94. The van der Waals surface area contributed by atoms with Crippen LogP contribution in [0.3, 0.4) is 0 Å². The minimum atomic E-state index is 0.158. The molecule has 2 heterocycles. The van der Waals surface area contributed by atoms with Gasteiger partial charge in [0.05, 0.1) is 11.6 Å². The van der Waals surface area contributed by atoms with E-state index in [2.05, 4.69) is 28.0 Å². The summed E-state index contributed by atoms with van der Waals surface area (Å²) in [6.07, 6.45) is 3.09. The molecule has 0 spiro atoms. The van der Waals surface area contributed by atoms with E-state index >= 15 is 0 Å². The van der Waals surface area contributed by atoms with Crippen molar-refractivity contribution in [2.24, 2.45) is 0 Å². The maximum Gasteiger partial charge on any atom is 0.178 e. The summed E-state index contributed by atoms with van der Waals surface area (Å²) in [4.78, 5) is 4.32. The van der Waals surface area contributed by atoms with Gasteiger partial charge in [-0.05, 0) is 17.7 Å². The maximum absolute atomic E-state index is 5.84. The molecule has 4 rings (SSSR count). The summed E-state index contributed by atoms with van der Waals surface area (Å²) in [5.74, 6) is 0.897. The minimum Gasteiger partial charge on any atom is -0.489 e. The van der Waals surface area contributed by atoms with Crippen molar-refractivity contribution in [1.29, 1.82) is 0 Å². The van der Waals surface area contributed by atoms with Crippen LogP contribution in [0.5, 0.6) is 5.75 Å². The van der Waals surface area contributed by atoms with Gasteiger partial charge in [0.2, 0.25) is 0 Å². The molecule has 0 saturated carbocycles. The van der Waals surface area contributed by atoms with Crippen LogP contribution in [0.15, 0.2) is 48.5 Å². The van der Waals surface area contributed by atoms with Crippen LogP contribution in [0, 0.1) is 6.33 Å². The Morgan fingerprint density at radius 3 is 2.89 bits per heavy atom. The number of aromatic nitrogens is 2. The summed E-state index contributed by atoms with van der Waals surface area (Å²) in [6, 6.07) is 16.4. The van der Waals surface area contributed by atoms with Gasteiger partial charge < -0.3 is 9.30 Å². The molecule has 87 valence electrons. The van der Waals surface area contributed by atoms with Gasteiger partial charge in [0.15, 0.2) is 6.33 Å². The Bertz CT molecular complexity index is 703. The third kappa shape index (κ3) is 1.27. The molecule has 3 heteroatoms. The molecule has 0 fully saturated rings. The van der Waals surface area contributed by atoms with Crippen molar-refractivity contribution >= 4 is 11.0 Å². The monoisotopic (exact) mass is 235 g/mol. The van der Waals surface area contributed by atoms with E-state index in [4.69, 9.17) is 4.74 Å². The average molecular weight is 235 g/mol. The van der Waals surface area contributed by atoms with E-state index < -0.39 is 0 Å².